The zero-order chi connectivity index (χ0) is 19.0. The Morgan fingerprint density at radius 1 is 1.07 bits per heavy atom. The number of ether oxygens (including phenoxy) is 2. The number of tetrazole rings is 1. The summed E-state index contributed by atoms with van der Waals surface area (Å²) in [6.45, 7) is 0. The smallest absolute Gasteiger partial charge is 0.248 e. The Hall–Kier alpha value is -2.77. The van der Waals surface area contributed by atoms with Gasteiger partial charge in [0.1, 0.15) is 17.5 Å². The van der Waals surface area contributed by atoms with Crippen molar-refractivity contribution in [1.82, 2.24) is 20.2 Å². The molecule has 3 aromatic rings. The summed E-state index contributed by atoms with van der Waals surface area (Å²) in [4.78, 5) is 0. The molecule has 0 spiro atoms. The van der Waals surface area contributed by atoms with Crippen LogP contribution in [0.5, 0.6) is 11.5 Å². The van der Waals surface area contributed by atoms with Crippen molar-refractivity contribution in [2.24, 2.45) is 0 Å². The van der Waals surface area contributed by atoms with Crippen molar-refractivity contribution in [3.05, 3.63) is 63.6 Å². The summed E-state index contributed by atoms with van der Waals surface area (Å²) < 4.78 is 12.5. The Kier molecular flexibility index (Phi) is 4.63. The molecule has 0 radical (unpaired) electrons. The molecule has 0 fully saturated rings. The molecule has 27 heavy (non-hydrogen) atoms. The van der Waals surface area contributed by atoms with Gasteiger partial charge in [0.25, 0.3) is 0 Å². The highest BCUT2D eigenvalue weighted by Crippen LogP contribution is 2.38. The lowest BCUT2D eigenvalue weighted by atomic mass is 10.0. The summed E-state index contributed by atoms with van der Waals surface area (Å²) in [5.74, 6) is 1.87. The highest BCUT2D eigenvalue weighted by atomic mass is 35.5. The lowest BCUT2D eigenvalue weighted by Crippen LogP contribution is -2.20. The zero-order valence-electron chi connectivity index (χ0n) is 14.5. The standard InChI is InChI=1S/C18H15Cl2N5O2/c1-26-11-4-6-13(17(8-11)27-2)15-9-16(25-18(21-15)22-23-24-25)12-5-3-10(19)7-14(12)20/h3-9,16H,1-2H3,(H,21,22,24)/t16-/m1/s1. The number of hydrogen-bond donors (Lipinski definition) is 1. The average Bonchev–Trinajstić information content (AvgIpc) is 3.15. The topological polar surface area (TPSA) is 74.1 Å². The average molecular weight is 404 g/mol. The van der Waals surface area contributed by atoms with E-state index in [1.54, 1.807) is 31.0 Å². The molecular formula is C18H15Cl2N5O2. The van der Waals surface area contributed by atoms with Crippen LogP contribution in [0, 0.1) is 0 Å². The molecule has 0 unspecified atom stereocenters. The van der Waals surface area contributed by atoms with Crippen molar-refractivity contribution < 1.29 is 9.47 Å². The monoisotopic (exact) mass is 403 g/mol. The van der Waals surface area contributed by atoms with Gasteiger partial charge in [-0.3, -0.25) is 0 Å². The number of allylic oxidation sites excluding steroid dienone is 1. The largest absolute Gasteiger partial charge is 0.497 e. The van der Waals surface area contributed by atoms with Gasteiger partial charge in [-0.25, -0.2) is 0 Å². The number of nitrogens with one attached hydrogen (secondary N) is 1. The Labute approximate surface area is 165 Å². The van der Waals surface area contributed by atoms with Crippen LogP contribution in [0.25, 0.3) is 5.70 Å². The highest BCUT2D eigenvalue weighted by molar-refractivity contribution is 6.35. The molecule has 1 aliphatic rings. The summed E-state index contributed by atoms with van der Waals surface area (Å²) in [6, 6.07) is 10.6. The fourth-order valence-corrected chi connectivity index (χ4v) is 3.52. The van der Waals surface area contributed by atoms with Crippen molar-refractivity contribution in [2.45, 2.75) is 6.04 Å². The Balaban J connectivity index is 1.84. The molecule has 1 aromatic heterocycles. The van der Waals surface area contributed by atoms with Crippen molar-refractivity contribution in [3.8, 4) is 11.5 Å². The maximum atomic E-state index is 6.43. The van der Waals surface area contributed by atoms with Crippen LogP contribution in [-0.2, 0) is 0 Å². The molecule has 1 aliphatic heterocycles. The molecular weight excluding hydrogens is 389 g/mol. The van der Waals surface area contributed by atoms with Gasteiger partial charge >= 0.3 is 0 Å². The van der Waals surface area contributed by atoms with Gasteiger partial charge in [-0.15, -0.1) is 0 Å². The first-order valence-corrected chi connectivity index (χ1v) is 8.80. The van der Waals surface area contributed by atoms with Crippen LogP contribution < -0.4 is 14.8 Å². The minimum Gasteiger partial charge on any atom is -0.497 e. The lowest BCUT2D eigenvalue weighted by molar-refractivity contribution is 0.393. The van der Waals surface area contributed by atoms with E-state index in [1.807, 2.05) is 30.3 Å². The molecule has 7 nitrogen and oxygen atoms in total. The van der Waals surface area contributed by atoms with E-state index in [1.165, 1.54) is 0 Å². The van der Waals surface area contributed by atoms with Gasteiger partial charge < -0.3 is 14.8 Å². The second kappa shape index (κ2) is 7.09. The number of rotatable bonds is 4. The van der Waals surface area contributed by atoms with Gasteiger partial charge in [0, 0.05) is 21.7 Å². The Morgan fingerprint density at radius 3 is 2.67 bits per heavy atom. The molecule has 0 bridgehead atoms. The van der Waals surface area contributed by atoms with E-state index in [0.717, 1.165) is 16.8 Å². The van der Waals surface area contributed by atoms with E-state index >= 15 is 0 Å². The van der Waals surface area contributed by atoms with Crippen LogP contribution in [-0.4, -0.2) is 34.4 Å². The third kappa shape index (κ3) is 3.20. The molecule has 2 aromatic carbocycles. The number of halogens is 2. The van der Waals surface area contributed by atoms with E-state index < -0.39 is 0 Å². The predicted octanol–water partition coefficient (Wildman–Crippen LogP) is 4.05. The highest BCUT2D eigenvalue weighted by Gasteiger charge is 2.27. The van der Waals surface area contributed by atoms with E-state index in [-0.39, 0.29) is 6.04 Å². The summed E-state index contributed by atoms with van der Waals surface area (Å²) >= 11 is 12.5. The first-order valence-electron chi connectivity index (χ1n) is 8.04. The minimum atomic E-state index is -0.303. The van der Waals surface area contributed by atoms with Crippen molar-refractivity contribution >= 4 is 34.8 Å². The SMILES string of the molecule is COc1ccc(C2=C[C@H](c3ccc(Cl)cc3Cl)n3nnnc3N2)c(OC)c1. The predicted molar refractivity (Wildman–Crippen MR) is 104 cm³/mol. The molecule has 1 atom stereocenters. The van der Waals surface area contributed by atoms with Crippen LogP contribution in [0.3, 0.4) is 0 Å². The van der Waals surface area contributed by atoms with Crippen LogP contribution in [0.4, 0.5) is 5.95 Å². The lowest BCUT2D eigenvalue weighted by Gasteiger charge is -2.25. The maximum absolute atomic E-state index is 6.43. The number of nitrogens with zero attached hydrogens (tertiary/aromatic N) is 4. The molecule has 1 N–H and O–H groups in total. The summed E-state index contributed by atoms with van der Waals surface area (Å²) in [5.41, 5.74) is 2.48. The maximum Gasteiger partial charge on any atom is 0.248 e. The zero-order valence-corrected chi connectivity index (χ0v) is 16.0. The molecule has 0 amide bonds. The van der Waals surface area contributed by atoms with Gasteiger partial charge in [0.15, 0.2) is 0 Å². The van der Waals surface area contributed by atoms with Gasteiger partial charge in [-0.2, -0.15) is 4.68 Å². The summed E-state index contributed by atoms with van der Waals surface area (Å²) in [7, 11) is 3.22. The van der Waals surface area contributed by atoms with E-state index in [2.05, 4.69) is 20.8 Å². The first-order chi connectivity index (χ1) is 13.1. The second-order valence-electron chi connectivity index (χ2n) is 5.83. The van der Waals surface area contributed by atoms with Gasteiger partial charge in [0.2, 0.25) is 5.95 Å². The number of benzene rings is 2. The van der Waals surface area contributed by atoms with Gasteiger partial charge in [-0.05, 0) is 46.3 Å². The molecule has 4 rings (SSSR count). The molecule has 0 saturated carbocycles. The quantitative estimate of drug-likeness (QED) is 0.707. The second-order valence-corrected chi connectivity index (χ2v) is 6.67. The Bertz CT molecular complexity index is 1030. The van der Waals surface area contributed by atoms with Crippen molar-refractivity contribution in [3.63, 3.8) is 0 Å². The Morgan fingerprint density at radius 2 is 1.93 bits per heavy atom. The van der Waals surface area contributed by atoms with Crippen LogP contribution >= 0.6 is 23.2 Å². The molecule has 138 valence electrons. The number of fused-ring (bicyclic) bond motifs is 1. The fourth-order valence-electron chi connectivity index (χ4n) is 2.99. The number of aromatic nitrogens is 4. The minimum absolute atomic E-state index is 0.303. The first kappa shape index (κ1) is 17.6. The third-order valence-electron chi connectivity index (χ3n) is 4.31. The fraction of sp³-hybridized carbons (Fsp3) is 0.167. The number of methoxy groups -OCH3 is 2. The van der Waals surface area contributed by atoms with E-state index in [0.29, 0.717) is 27.5 Å². The van der Waals surface area contributed by atoms with Crippen LogP contribution in [0.15, 0.2) is 42.5 Å². The van der Waals surface area contributed by atoms with Crippen molar-refractivity contribution in [2.75, 3.05) is 19.5 Å². The molecule has 0 saturated heterocycles. The van der Waals surface area contributed by atoms with Crippen LogP contribution in [0.2, 0.25) is 10.0 Å². The molecule has 0 aliphatic carbocycles. The number of hydrogen-bond acceptors (Lipinski definition) is 6. The summed E-state index contributed by atoms with van der Waals surface area (Å²) in [5, 5.41) is 16.2. The molecule has 2 heterocycles. The van der Waals surface area contributed by atoms with Gasteiger partial charge in [0.05, 0.1) is 19.9 Å². The van der Waals surface area contributed by atoms with Crippen LogP contribution in [0.1, 0.15) is 17.2 Å². The van der Waals surface area contributed by atoms with Gasteiger partial charge in [-0.1, -0.05) is 34.4 Å². The molecule has 9 heteroatoms. The summed E-state index contributed by atoms with van der Waals surface area (Å²) in [6.07, 6.45) is 1.99. The van der Waals surface area contributed by atoms with E-state index in [9.17, 15) is 0 Å². The normalized spacial score (nSPS) is 15.6. The third-order valence-corrected chi connectivity index (χ3v) is 4.87. The van der Waals surface area contributed by atoms with E-state index in [4.69, 9.17) is 32.7 Å². The number of anilines is 1. The van der Waals surface area contributed by atoms with Crippen molar-refractivity contribution in [1.29, 1.82) is 0 Å².